The van der Waals surface area contributed by atoms with Crippen molar-refractivity contribution in [2.75, 3.05) is 6.61 Å². The zero-order valence-corrected chi connectivity index (χ0v) is 9.49. The van der Waals surface area contributed by atoms with E-state index in [2.05, 4.69) is 21.9 Å². The van der Waals surface area contributed by atoms with Gasteiger partial charge in [0.1, 0.15) is 12.4 Å². The molecule has 0 aromatic heterocycles. The van der Waals surface area contributed by atoms with Gasteiger partial charge in [-0.2, -0.15) is 5.26 Å². The molecule has 15 heavy (non-hydrogen) atoms. The Labute approximate surface area is 97.3 Å². The summed E-state index contributed by atoms with van der Waals surface area (Å²) < 4.78 is 6.24. The van der Waals surface area contributed by atoms with Crippen LogP contribution in [0.5, 0.6) is 5.75 Å². The SMILES string of the molecule is C#CCOc1ccc(Br)cc1C=CC#N. The fourth-order valence-corrected chi connectivity index (χ4v) is 1.41. The largest absolute Gasteiger partial charge is 0.480 e. The van der Waals surface area contributed by atoms with E-state index in [9.17, 15) is 0 Å². The molecule has 0 heterocycles. The number of ether oxygens (including phenoxy) is 1. The van der Waals surface area contributed by atoms with E-state index in [1.807, 2.05) is 18.2 Å². The smallest absolute Gasteiger partial charge is 0.148 e. The maximum absolute atomic E-state index is 8.44. The average molecular weight is 262 g/mol. The third-order valence-electron chi connectivity index (χ3n) is 1.62. The Morgan fingerprint density at radius 1 is 1.53 bits per heavy atom. The van der Waals surface area contributed by atoms with E-state index in [1.54, 1.807) is 12.1 Å². The molecule has 0 N–H and O–H groups in total. The van der Waals surface area contributed by atoms with Crippen LogP contribution in [0.1, 0.15) is 5.56 Å². The fraction of sp³-hybridized carbons (Fsp3) is 0.0833. The van der Waals surface area contributed by atoms with Crippen LogP contribution in [0.2, 0.25) is 0 Å². The summed E-state index contributed by atoms with van der Waals surface area (Å²) >= 11 is 3.34. The lowest BCUT2D eigenvalue weighted by atomic mass is 10.2. The van der Waals surface area contributed by atoms with Gasteiger partial charge in [-0.25, -0.2) is 0 Å². The van der Waals surface area contributed by atoms with E-state index in [0.29, 0.717) is 5.75 Å². The number of halogens is 1. The maximum atomic E-state index is 8.44. The van der Waals surface area contributed by atoms with E-state index in [-0.39, 0.29) is 6.61 Å². The molecule has 1 rings (SSSR count). The van der Waals surface area contributed by atoms with Crippen LogP contribution in [-0.2, 0) is 0 Å². The molecular formula is C12H8BrNO. The van der Waals surface area contributed by atoms with Crippen LogP contribution in [0.3, 0.4) is 0 Å². The third kappa shape index (κ3) is 3.50. The molecular weight excluding hydrogens is 254 g/mol. The van der Waals surface area contributed by atoms with E-state index in [1.165, 1.54) is 6.08 Å². The fourth-order valence-electron chi connectivity index (χ4n) is 1.03. The van der Waals surface area contributed by atoms with E-state index in [4.69, 9.17) is 16.4 Å². The molecule has 74 valence electrons. The minimum Gasteiger partial charge on any atom is -0.480 e. The number of nitriles is 1. The zero-order chi connectivity index (χ0) is 11.1. The Morgan fingerprint density at radius 3 is 3.00 bits per heavy atom. The average Bonchev–Trinajstić information content (AvgIpc) is 2.25. The lowest BCUT2D eigenvalue weighted by molar-refractivity contribution is 0.369. The normalized spacial score (nSPS) is 9.53. The second-order valence-corrected chi connectivity index (χ2v) is 3.55. The first-order valence-corrected chi connectivity index (χ1v) is 4.99. The Bertz CT molecular complexity index is 452. The molecule has 0 unspecified atom stereocenters. The van der Waals surface area contributed by atoms with Gasteiger partial charge in [0.2, 0.25) is 0 Å². The summed E-state index contributed by atoms with van der Waals surface area (Å²) in [6, 6.07) is 7.45. The summed E-state index contributed by atoms with van der Waals surface area (Å²) in [5.74, 6) is 3.06. The van der Waals surface area contributed by atoms with Gasteiger partial charge >= 0.3 is 0 Å². The van der Waals surface area contributed by atoms with Gasteiger partial charge in [0.05, 0.1) is 6.07 Å². The molecule has 0 aliphatic rings. The molecule has 0 bridgehead atoms. The number of benzene rings is 1. The van der Waals surface area contributed by atoms with Crippen molar-refractivity contribution in [2.24, 2.45) is 0 Å². The second-order valence-electron chi connectivity index (χ2n) is 2.64. The van der Waals surface area contributed by atoms with Crippen molar-refractivity contribution in [1.82, 2.24) is 0 Å². The maximum Gasteiger partial charge on any atom is 0.148 e. The van der Waals surface area contributed by atoms with Gasteiger partial charge < -0.3 is 4.74 Å². The quantitative estimate of drug-likeness (QED) is 0.619. The predicted molar refractivity (Wildman–Crippen MR) is 63.1 cm³/mol. The molecule has 1 aromatic rings. The van der Waals surface area contributed by atoms with Crippen LogP contribution in [0.25, 0.3) is 6.08 Å². The highest BCUT2D eigenvalue weighted by Crippen LogP contribution is 2.24. The van der Waals surface area contributed by atoms with Gasteiger partial charge in [0.25, 0.3) is 0 Å². The van der Waals surface area contributed by atoms with Crippen molar-refractivity contribution in [3.63, 3.8) is 0 Å². The Kier molecular flexibility index (Phi) is 4.47. The highest BCUT2D eigenvalue weighted by Gasteiger charge is 2.00. The van der Waals surface area contributed by atoms with E-state index >= 15 is 0 Å². The van der Waals surface area contributed by atoms with Crippen LogP contribution in [0.4, 0.5) is 0 Å². The summed E-state index contributed by atoms with van der Waals surface area (Å²) in [4.78, 5) is 0. The monoisotopic (exact) mass is 261 g/mol. The summed E-state index contributed by atoms with van der Waals surface area (Å²) in [5.41, 5.74) is 0.821. The van der Waals surface area contributed by atoms with Crippen LogP contribution in [-0.4, -0.2) is 6.61 Å². The van der Waals surface area contributed by atoms with Gasteiger partial charge in [0, 0.05) is 16.1 Å². The highest BCUT2D eigenvalue weighted by molar-refractivity contribution is 9.10. The van der Waals surface area contributed by atoms with E-state index < -0.39 is 0 Å². The molecule has 0 aliphatic heterocycles. The lowest BCUT2D eigenvalue weighted by Crippen LogP contribution is -1.95. The molecule has 0 spiro atoms. The van der Waals surface area contributed by atoms with Crippen LogP contribution >= 0.6 is 15.9 Å². The number of hydrogen-bond donors (Lipinski definition) is 0. The predicted octanol–water partition coefficient (Wildman–Crippen LogP) is 3.00. The number of terminal acetylenes is 1. The standard InChI is InChI=1S/C12H8BrNO/c1-2-8-15-12-6-5-11(13)9-10(12)4-3-7-14/h1,3-6,9H,8H2. The first-order chi connectivity index (χ1) is 7.27. The lowest BCUT2D eigenvalue weighted by Gasteiger charge is -2.06. The van der Waals surface area contributed by atoms with Crippen molar-refractivity contribution in [2.45, 2.75) is 0 Å². The summed E-state index contributed by atoms with van der Waals surface area (Å²) in [6.07, 6.45) is 8.17. The topological polar surface area (TPSA) is 33.0 Å². The van der Waals surface area contributed by atoms with Gasteiger partial charge in [-0.1, -0.05) is 21.9 Å². The second kappa shape index (κ2) is 5.90. The van der Waals surface area contributed by atoms with Crippen LogP contribution in [0.15, 0.2) is 28.7 Å². The molecule has 0 saturated carbocycles. The molecule has 1 aromatic carbocycles. The summed E-state index contributed by atoms with van der Waals surface area (Å²) in [5, 5.41) is 8.44. The van der Waals surface area contributed by atoms with Crippen molar-refractivity contribution < 1.29 is 4.74 Å². The first-order valence-electron chi connectivity index (χ1n) is 4.20. The van der Waals surface area contributed by atoms with Gasteiger partial charge in [0.15, 0.2) is 0 Å². The zero-order valence-electron chi connectivity index (χ0n) is 7.90. The highest BCUT2D eigenvalue weighted by atomic mass is 79.9. The number of hydrogen-bond acceptors (Lipinski definition) is 2. The van der Waals surface area contributed by atoms with Crippen molar-refractivity contribution in [3.8, 4) is 24.2 Å². The van der Waals surface area contributed by atoms with Crippen molar-refractivity contribution in [3.05, 3.63) is 34.3 Å². The number of rotatable bonds is 3. The van der Waals surface area contributed by atoms with Crippen molar-refractivity contribution in [1.29, 1.82) is 5.26 Å². The van der Waals surface area contributed by atoms with Gasteiger partial charge in [-0.3, -0.25) is 0 Å². The van der Waals surface area contributed by atoms with Crippen molar-refractivity contribution >= 4 is 22.0 Å². The van der Waals surface area contributed by atoms with Crippen LogP contribution < -0.4 is 4.74 Å². The molecule has 0 aliphatic carbocycles. The summed E-state index contributed by atoms with van der Waals surface area (Å²) in [7, 11) is 0. The Balaban J connectivity index is 2.99. The van der Waals surface area contributed by atoms with Gasteiger partial charge in [-0.15, -0.1) is 6.42 Å². The molecule has 0 radical (unpaired) electrons. The molecule has 0 atom stereocenters. The summed E-state index contributed by atoms with van der Waals surface area (Å²) in [6.45, 7) is 0.217. The third-order valence-corrected chi connectivity index (χ3v) is 2.11. The molecule has 0 saturated heterocycles. The molecule has 0 amide bonds. The first kappa shape index (κ1) is 11.4. The molecule has 2 nitrogen and oxygen atoms in total. The van der Waals surface area contributed by atoms with Gasteiger partial charge in [-0.05, 0) is 24.3 Å². The molecule has 0 fully saturated rings. The molecule has 3 heteroatoms. The van der Waals surface area contributed by atoms with E-state index in [0.717, 1.165) is 10.0 Å². The number of allylic oxidation sites excluding steroid dienone is 1. The minimum atomic E-state index is 0.217. The minimum absolute atomic E-state index is 0.217. The Morgan fingerprint density at radius 2 is 2.33 bits per heavy atom. The Hall–Kier alpha value is -1.71. The number of nitrogens with zero attached hydrogens (tertiary/aromatic N) is 1. The van der Waals surface area contributed by atoms with Crippen LogP contribution in [0, 0.1) is 23.7 Å².